The normalized spacial score (nSPS) is 13.4. The maximum atomic E-state index is 11.3. The molecular weight excluding hydrogens is 228 g/mol. The van der Waals surface area contributed by atoms with E-state index in [1.54, 1.807) is 13.8 Å². The molecule has 2 amide bonds. The van der Waals surface area contributed by atoms with Gasteiger partial charge in [-0.2, -0.15) is 0 Å². The van der Waals surface area contributed by atoms with Gasteiger partial charge in [-0.25, -0.2) is 9.59 Å². The van der Waals surface area contributed by atoms with E-state index in [0.29, 0.717) is 0 Å². The summed E-state index contributed by atoms with van der Waals surface area (Å²) < 4.78 is 4.60. The van der Waals surface area contributed by atoms with Gasteiger partial charge in [0.15, 0.2) is 0 Å². The van der Waals surface area contributed by atoms with Gasteiger partial charge in [0.1, 0.15) is 12.1 Å². The highest BCUT2D eigenvalue weighted by Crippen LogP contribution is 2.08. The topological polar surface area (TPSA) is 105 Å². The molecule has 7 heteroatoms. The maximum absolute atomic E-state index is 11.3. The van der Waals surface area contributed by atoms with Crippen molar-refractivity contribution >= 4 is 18.0 Å². The maximum Gasteiger partial charge on any atom is 0.329 e. The molecule has 0 aliphatic heterocycles. The second kappa shape index (κ2) is 6.72. The third-order valence-electron chi connectivity index (χ3n) is 2.27. The quantitative estimate of drug-likeness (QED) is 0.576. The zero-order valence-corrected chi connectivity index (χ0v) is 10.2. The second-order valence-electron chi connectivity index (χ2n) is 3.60. The molecule has 0 rings (SSSR count). The van der Waals surface area contributed by atoms with E-state index in [0.717, 1.165) is 0 Å². The van der Waals surface area contributed by atoms with Crippen LogP contribution >= 0.6 is 0 Å². The smallest absolute Gasteiger partial charge is 0.329 e. The van der Waals surface area contributed by atoms with Crippen LogP contribution in [0.25, 0.3) is 0 Å². The fourth-order valence-electron chi connectivity index (χ4n) is 0.952. The Morgan fingerprint density at radius 3 is 2.29 bits per heavy atom. The lowest BCUT2D eigenvalue weighted by molar-refractivity contribution is -0.143. The summed E-state index contributed by atoms with van der Waals surface area (Å²) in [6.45, 7) is 4.61. The SMILES string of the molecule is CCOC(=O)CNC(=O)NC(C)(CC)C(=O)O. The summed E-state index contributed by atoms with van der Waals surface area (Å²) in [7, 11) is 0. The summed E-state index contributed by atoms with van der Waals surface area (Å²) >= 11 is 0. The third kappa shape index (κ3) is 5.19. The Kier molecular flexibility index (Phi) is 6.01. The van der Waals surface area contributed by atoms with E-state index in [-0.39, 0.29) is 19.6 Å². The minimum atomic E-state index is -1.35. The Bertz CT molecular complexity index is 305. The second-order valence-corrected chi connectivity index (χ2v) is 3.60. The molecule has 98 valence electrons. The number of ether oxygens (including phenoxy) is 1. The number of carbonyl (C=O) groups is 3. The Morgan fingerprint density at radius 2 is 1.88 bits per heavy atom. The van der Waals surface area contributed by atoms with E-state index in [1.165, 1.54) is 6.92 Å². The largest absolute Gasteiger partial charge is 0.480 e. The summed E-state index contributed by atoms with van der Waals surface area (Å²) in [6.07, 6.45) is 0.231. The fourth-order valence-corrected chi connectivity index (χ4v) is 0.952. The predicted octanol–water partition coefficient (Wildman–Crippen LogP) is 0.102. The van der Waals surface area contributed by atoms with Crippen LogP contribution < -0.4 is 10.6 Å². The summed E-state index contributed by atoms with van der Waals surface area (Å²) in [4.78, 5) is 33.2. The molecule has 1 unspecified atom stereocenters. The Morgan fingerprint density at radius 1 is 1.29 bits per heavy atom. The van der Waals surface area contributed by atoms with Crippen LogP contribution in [0.2, 0.25) is 0 Å². The number of carbonyl (C=O) groups excluding carboxylic acids is 2. The standard InChI is InChI=1S/C10H18N2O5/c1-4-10(3,8(14)15)12-9(16)11-6-7(13)17-5-2/h4-6H2,1-3H3,(H,14,15)(H2,11,12,16). The molecule has 0 saturated heterocycles. The molecule has 0 bridgehead atoms. The van der Waals surface area contributed by atoms with Crippen molar-refractivity contribution in [3.8, 4) is 0 Å². The van der Waals surface area contributed by atoms with Gasteiger partial charge in [-0.05, 0) is 20.3 Å². The Balaban J connectivity index is 4.17. The van der Waals surface area contributed by atoms with Crippen LogP contribution in [0.3, 0.4) is 0 Å². The number of rotatable bonds is 6. The highest BCUT2D eigenvalue weighted by molar-refractivity contribution is 5.87. The van der Waals surface area contributed by atoms with Crippen LogP contribution in [0.15, 0.2) is 0 Å². The van der Waals surface area contributed by atoms with E-state index in [1.807, 2.05) is 0 Å². The van der Waals surface area contributed by atoms with E-state index >= 15 is 0 Å². The molecule has 0 heterocycles. The molecule has 0 radical (unpaired) electrons. The first-order chi connectivity index (χ1) is 7.85. The molecule has 0 aliphatic carbocycles. The van der Waals surface area contributed by atoms with Crippen molar-refractivity contribution in [2.45, 2.75) is 32.7 Å². The van der Waals surface area contributed by atoms with E-state index < -0.39 is 23.5 Å². The monoisotopic (exact) mass is 246 g/mol. The average molecular weight is 246 g/mol. The first-order valence-electron chi connectivity index (χ1n) is 5.30. The molecule has 3 N–H and O–H groups in total. The van der Waals surface area contributed by atoms with Gasteiger partial charge in [0.2, 0.25) is 0 Å². The van der Waals surface area contributed by atoms with Gasteiger partial charge < -0.3 is 20.5 Å². The number of hydrogen-bond acceptors (Lipinski definition) is 4. The predicted molar refractivity (Wildman–Crippen MR) is 59.5 cm³/mol. The van der Waals surface area contributed by atoms with Crippen molar-refractivity contribution in [3.05, 3.63) is 0 Å². The van der Waals surface area contributed by atoms with E-state index in [4.69, 9.17) is 5.11 Å². The van der Waals surface area contributed by atoms with Gasteiger partial charge >= 0.3 is 18.0 Å². The molecule has 17 heavy (non-hydrogen) atoms. The van der Waals surface area contributed by atoms with Crippen molar-refractivity contribution in [1.82, 2.24) is 10.6 Å². The lowest BCUT2D eigenvalue weighted by atomic mass is 10.00. The van der Waals surface area contributed by atoms with Gasteiger partial charge in [-0.15, -0.1) is 0 Å². The van der Waals surface area contributed by atoms with Crippen molar-refractivity contribution in [2.24, 2.45) is 0 Å². The first kappa shape index (κ1) is 15.2. The van der Waals surface area contributed by atoms with Crippen LogP contribution in [0.1, 0.15) is 27.2 Å². The number of aliphatic carboxylic acids is 1. The fraction of sp³-hybridized carbons (Fsp3) is 0.700. The number of urea groups is 1. The summed E-state index contributed by atoms with van der Waals surface area (Å²) in [5, 5.41) is 13.4. The molecule has 7 nitrogen and oxygen atoms in total. The van der Waals surface area contributed by atoms with Gasteiger partial charge in [-0.3, -0.25) is 4.79 Å². The van der Waals surface area contributed by atoms with E-state index in [9.17, 15) is 14.4 Å². The first-order valence-corrected chi connectivity index (χ1v) is 5.30. The average Bonchev–Trinajstić information content (AvgIpc) is 2.26. The molecule has 1 atom stereocenters. The number of hydrogen-bond donors (Lipinski definition) is 3. The molecule has 0 aromatic heterocycles. The number of carboxylic acid groups (broad SMARTS) is 1. The zero-order valence-electron chi connectivity index (χ0n) is 10.2. The lowest BCUT2D eigenvalue weighted by Crippen LogP contribution is -2.55. The molecule has 0 aliphatic rings. The number of esters is 1. The molecule has 0 saturated carbocycles. The highest BCUT2D eigenvalue weighted by Gasteiger charge is 2.32. The highest BCUT2D eigenvalue weighted by atomic mass is 16.5. The Hall–Kier alpha value is -1.79. The minimum absolute atomic E-state index is 0.226. The van der Waals surface area contributed by atoms with Crippen LogP contribution in [-0.2, 0) is 14.3 Å². The van der Waals surface area contributed by atoms with E-state index in [2.05, 4.69) is 15.4 Å². The van der Waals surface area contributed by atoms with Gasteiger partial charge in [-0.1, -0.05) is 6.92 Å². The van der Waals surface area contributed by atoms with Crippen molar-refractivity contribution in [2.75, 3.05) is 13.2 Å². The minimum Gasteiger partial charge on any atom is -0.480 e. The summed E-state index contributed by atoms with van der Waals surface area (Å²) in [5.74, 6) is -1.71. The van der Waals surface area contributed by atoms with Crippen molar-refractivity contribution in [1.29, 1.82) is 0 Å². The summed E-state index contributed by atoms with van der Waals surface area (Å²) in [6, 6.07) is -0.718. The van der Waals surface area contributed by atoms with Gasteiger partial charge in [0.25, 0.3) is 0 Å². The molecule has 0 aromatic rings. The van der Waals surface area contributed by atoms with Gasteiger partial charge in [0, 0.05) is 0 Å². The van der Waals surface area contributed by atoms with Crippen LogP contribution in [0.5, 0.6) is 0 Å². The van der Waals surface area contributed by atoms with Gasteiger partial charge in [0.05, 0.1) is 6.61 Å². The van der Waals surface area contributed by atoms with Crippen LogP contribution in [0.4, 0.5) is 4.79 Å². The molecule has 0 fully saturated rings. The number of nitrogens with one attached hydrogen (secondary N) is 2. The number of amides is 2. The van der Waals surface area contributed by atoms with Crippen molar-refractivity contribution < 1.29 is 24.2 Å². The molecular formula is C10H18N2O5. The molecule has 0 aromatic carbocycles. The lowest BCUT2D eigenvalue weighted by Gasteiger charge is -2.24. The van der Waals surface area contributed by atoms with Crippen LogP contribution in [0, 0.1) is 0 Å². The Labute approximate surface area is 99.5 Å². The van der Waals surface area contributed by atoms with Crippen molar-refractivity contribution in [3.63, 3.8) is 0 Å². The molecule has 0 spiro atoms. The summed E-state index contributed by atoms with van der Waals surface area (Å²) in [5.41, 5.74) is -1.35. The zero-order chi connectivity index (χ0) is 13.5. The number of carboxylic acids is 1. The third-order valence-corrected chi connectivity index (χ3v) is 2.27. The van der Waals surface area contributed by atoms with Crippen LogP contribution in [-0.4, -0.2) is 41.8 Å².